The van der Waals surface area contributed by atoms with Crippen molar-refractivity contribution in [2.75, 3.05) is 7.05 Å². The molecule has 1 fully saturated rings. The van der Waals surface area contributed by atoms with E-state index in [1.807, 2.05) is 0 Å². The summed E-state index contributed by atoms with van der Waals surface area (Å²) in [7, 11) is 1.36. The molecule has 7 heteroatoms. The minimum atomic E-state index is -1.53. The smallest absolute Gasteiger partial charge is 0.246 e. The van der Waals surface area contributed by atoms with Crippen LogP contribution in [0.4, 0.5) is 13.2 Å². The molecule has 0 saturated carbocycles. The molecule has 102 valence electrons. The molecule has 0 spiro atoms. The largest absolute Gasteiger partial charge is 0.301 e. The number of nitrogens with zero attached hydrogens (tertiary/aromatic N) is 1. The number of halogens is 3. The van der Waals surface area contributed by atoms with Gasteiger partial charge < -0.3 is 5.32 Å². The molecule has 0 radical (unpaired) electrons. The molecule has 1 unspecified atom stereocenters. The SMILES string of the molecule is CN1C(=O)CC(NCc2cc(F)c(F)c(F)c2)C1=O. The zero-order valence-corrected chi connectivity index (χ0v) is 10.0. The van der Waals surface area contributed by atoms with E-state index in [1.165, 1.54) is 7.05 Å². The number of carbonyl (C=O) groups is 2. The molecule has 1 N–H and O–H groups in total. The number of nitrogens with one attached hydrogen (secondary N) is 1. The summed E-state index contributed by atoms with van der Waals surface area (Å²) in [6.07, 6.45) is 0.00148. The fourth-order valence-corrected chi connectivity index (χ4v) is 1.87. The fraction of sp³-hybridized carbons (Fsp3) is 0.333. The van der Waals surface area contributed by atoms with Gasteiger partial charge in [-0.25, -0.2) is 13.2 Å². The maximum atomic E-state index is 13.0. The van der Waals surface area contributed by atoms with E-state index in [1.54, 1.807) is 0 Å². The van der Waals surface area contributed by atoms with E-state index < -0.39 is 29.4 Å². The highest BCUT2D eigenvalue weighted by molar-refractivity contribution is 6.05. The zero-order valence-electron chi connectivity index (χ0n) is 10.0. The Morgan fingerprint density at radius 2 is 1.84 bits per heavy atom. The van der Waals surface area contributed by atoms with Crippen LogP contribution in [0.3, 0.4) is 0 Å². The standard InChI is InChI=1S/C12H11F3N2O2/c1-17-10(18)4-9(12(17)19)16-5-6-2-7(13)11(15)8(14)3-6/h2-3,9,16H,4-5H2,1H3. The fourth-order valence-electron chi connectivity index (χ4n) is 1.87. The molecule has 4 nitrogen and oxygen atoms in total. The number of rotatable bonds is 3. The Balaban J connectivity index is 2.04. The van der Waals surface area contributed by atoms with Gasteiger partial charge in [0.05, 0.1) is 12.5 Å². The van der Waals surface area contributed by atoms with Crippen LogP contribution in [0.2, 0.25) is 0 Å². The third-order valence-electron chi connectivity index (χ3n) is 2.98. The number of benzene rings is 1. The van der Waals surface area contributed by atoms with Gasteiger partial charge in [-0.05, 0) is 17.7 Å². The van der Waals surface area contributed by atoms with Gasteiger partial charge in [-0.2, -0.15) is 0 Å². The monoisotopic (exact) mass is 272 g/mol. The number of amides is 2. The summed E-state index contributed by atoms with van der Waals surface area (Å²) in [5.74, 6) is -4.83. The molecule has 19 heavy (non-hydrogen) atoms. The van der Waals surface area contributed by atoms with Gasteiger partial charge in [-0.15, -0.1) is 0 Å². The Morgan fingerprint density at radius 3 is 2.32 bits per heavy atom. The number of hydrogen-bond donors (Lipinski definition) is 1. The topological polar surface area (TPSA) is 49.4 Å². The van der Waals surface area contributed by atoms with Crippen molar-refractivity contribution in [3.63, 3.8) is 0 Å². The van der Waals surface area contributed by atoms with Crippen molar-refractivity contribution in [1.29, 1.82) is 0 Å². The van der Waals surface area contributed by atoms with E-state index in [2.05, 4.69) is 5.32 Å². The predicted octanol–water partition coefficient (Wildman–Crippen LogP) is 0.951. The first kappa shape index (κ1) is 13.5. The maximum Gasteiger partial charge on any atom is 0.246 e. The number of likely N-dealkylation sites (N-methyl/N-ethyl adjacent to an activating group) is 1. The summed E-state index contributed by atoms with van der Waals surface area (Å²) in [4.78, 5) is 23.8. The van der Waals surface area contributed by atoms with Crippen molar-refractivity contribution in [3.8, 4) is 0 Å². The minimum absolute atomic E-state index is 0.00148. The van der Waals surface area contributed by atoms with Gasteiger partial charge >= 0.3 is 0 Å². The quantitative estimate of drug-likeness (QED) is 0.658. The highest BCUT2D eigenvalue weighted by Gasteiger charge is 2.35. The highest BCUT2D eigenvalue weighted by atomic mass is 19.2. The first-order valence-corrected chi connectivity index (χ1v) is 5.57. The molecule has 1 aromatic carbocycles. The second-order valence-electron chi connectivity index (χ2n) is 4.30. The van der Waals surface area contributed by atoms with Crippen LogP contribution < -0.4 is 5.32 Å². The molecule has 2 rings (SSSR count). The van der Waals surface area contributed by atoms with E-state index in [-0.39, 0.29) is 24.4 Å². The molecular formula is C12H11F3N2O2. The van der Waals surface area contributed by atoms with Gasteiger partial charge in [0.1, 0.15) is 0 Å². The average molecular weight is 272 g/mol. The van der Waals surface area contributed by atoms with Crippen LogP contribution in [-0.4, -0.2) is 29.8 Å². The lowest BCUT2D eigenvalue weighted by molar-refractivity contribution is -0.137. The summed E-state index contributed by atoms with van der Waals surface area (Å²) in [6, 6.07) is 0.973. The van der Waals surface area contributed by atoms with Crippen LogP contribution >= 0.6 is 0 Å². The number of imide groups is 1. The van der Waals surface area contributed by atoms with Crippen LogP contribution in [0.1, 0.15) is 12.0 Å². The van der Waals surface area contributed by atoms with Crippen molar-refractivity contribution in [2.24, 2.45) is 0 Å². The number of carbonyl (C=O) groups excluding carboxylic acids is 2. The lowest BCUT2D eigenvalue weighted by Crippen LogP contribution is -2.36. The summed E-state index contributed by atoms with van der Waals surface area (Å²) in [5.41, 5.74) is 0.159. The van der Waals surface area contributed by atoms with Crippen LogP contribution in [0, 0.1) is 17.5 Å². The summed E-state index contributed by atoms with van der Waals surface area (Å²) >= 11 is 0. The summed E-state index contributed by atoms with van der Waals surface area (Å²) in [6.45, 7) is -0.0361. The van der Waals surface area contributed by atoms with Gasteiger partial charge in [0.2, 0.25) is 11.8 Å². The minimum Gasteiger partial charge on any atom is -0.301 e. The highest BCUT2D eigenvalue weighted by Crippen LogP contribution is 2.15. The lowest BCUT2D eigenvalue weighted by atomic mass is 10.1. The van der Waals surface area contributed by atoms with Gasteiger partial charge in [0.25, 0.3) is 0 Å². The summed E-state index contributed by atoms with van der Waals surface area (Å²) < 4.78 is 38.7. The van der Waals surface area contributed by atoms with E-state index in [0.29, 0.717) is 0 Å². The first-order valence-electron chi connectivity index (χ1n) is 5.57. The molecule has 1 aliphatic rings. The van der Waals surface area contributed by atoms with Crippen LogP contribution in [0.25, 0.3) is 0 Å². The van der Waals surface area contributed by atoms with Crippen molar-refractivity contribution >= 4 is 11.8 Å². The van der Waals surface area contributed by atoms with Crippen molar-refractivity contribution < 1.29 is 22.8 Å². The molecule has 0 bridgehead atoms. The summed E-state index contributed by atoms with van der Waals surface area (Å²) in [5, 5.41) is 2.71. The third-order valence-corrected chi connectivity index (χ3v) is 2.98. The Bertz CT molecular complexity index is 525. The zero-order chi connectivity index (χ0) is 14.2. The van der Waals surface area contributed by atoms with E-state index >= 15 is 0 Å². The third kappa shape index (κ3) is 2.60. The number of likely N-dealkylation sites (tertiary alicyclic amines) is 1. The van der Waals surface area contributed by atoms with E-state index in [0.717, 1.165) is 17.0 Å². The van der Waals surface area contributed by atoms with Crippen molar-refractivity contribution in [3.05, 3.63) is 35.1 Å². The van der Waals surface area contributed by atoms with Gasteiger partial charge in [0.15, 0.2) is 17.5 Å². The van der Waals surface area contributed by atoms with Gasteiger partial charge in [0, 0.05) is 13.6 Å². The Hall–Kier alpha value is -1.89. The molecule has 1 saturated heterocycles. The Labute approximate surface area is 107 Å². The molecule has 0 aromatic heterocycles. The van der Waals surface area contributed by atoms with E-state index in [9.17, 15) is 22.8 Å². The molecule has 2 amide bonds. The molecule has 1 atom stereocenters. The van der Waals surface area contributed by atoms with Crippen molar-refractivity contribution in [1.82, 2.24) is 10.2 Å². The first-order chi connectivity index (χ1) is 8.90. The Morgan fingerprint density at radius 1 is 1.26 bits per heavy atom. The van der Waals surface area contributed by atoms with E-state index in [4.69, 9.17) is 0 Å². The molecule has 1 heterocycles. The molecule has 0 aliphatic carbocycles. The Kier molecular flexibility index (Phi) is 3.57. The van der Waals surface area contributed by atoms with Crippen molar-refractivity contribution in [2.45, 2.75) is 19.0 Å². The van der Waals surface area contributed by atoms with Crippen LogP contribution in [-0.2, 0) is 16.1 Å². The second-order valence-corrected chi connectivity index (χ2v) is 4.30. The average Bonchev–Trinajstić information content (AvgIpc) is 2.61. The van der Waals surface area contributed by atoms with Gasteiger partial charge in [-0.3, -0.25) is 14.5 Å². The molecular weight excluding hydrogens is 261 g/mol. The number of hydrogen-bond acceptors (Lipinski definition) is 3. The normalized spacial score (nSPS) is 19.4. The lowest BCUT2D eigenvalue weighted by Gasteiger charge is -2.11. The van der Waals surface area contributed by atoms with Crippen LogP contribution in [0.5, 0.6) is 0 Å². The maximum absolute atomic E-state index is 13.0. The van der Waals surface area contributed by atoms with Gasteiger partial charge in [-0.1, -0.05) is 0 Å². The predicted molar refractivity (Wildman–Crippen MR) is 59.3 cm³/mol. The second kappa shape index (κ2) is 5.00. The van der Waals surface area contributed by atoms with Crippen LogP contribution in [0.15, 0.2) is 12.1 Å². The molecule has 1 aromatic rings. The molecule has 1 aliphatic heterocycles.